The summed E-state index contributed by atoms with van der Waals surface area (Å²) in [5, 5.41) is 12.1. The van der Waals surface area contributed by atoms with Gasteiger partial charge in [0.05, 0.1) is 5.92 Å². The Morgan fingerprint density at radius 2 is 1.26 bits per heavy atom. The summed E-state index contributed by atoms with van der Waals surface area (Å²) >= 11 is 0. The quantitative estimate of drug-likeness (QED) is 0.143. The van der Waals surface area contributed by atoms with Gasteiger partial charge in [-0.25, -0.2) is 0 Å². The van der Waals surface area contributed by atoms with Crippen LogP contribution in [0, 0.1) is 16.0 Å². The van der Waals surface area contributed by atoms with Gasteiger partial charge in [-0.1, -0.05) is 0 Å². The average Bonchev–Trinajstić information content (AvgIpc) is 2.76. The van der Waals surface area contributed by atoms with E-state index in [-0.39, 0.29) is 12.8 Å². The average molecular weight is 548 g/mol. The van der Waals surface area contributed by atoms with Gasteiger partial charge in [-0.2, -0.15) is 0 Å². The maximum Gasteiger partial charge on any atom is 0.303 e. The molecule has 1 saturated carbocycles. The van der Waals surface area contributed by atoms with Gasteiger partial charge >= 0.3 is 35.8 Å². The van der Waals surface area contributed by atoms with E-state index in [1.165, 1.54) is 0 Å². The highest BCUT2D eigenvalue weighted by molar-refractivity contribution is 5.69. The lowest BCUT2D eigenvalue weighted by molar-refractivity contribution is -0.550. The number of rotatable bonds is 12. The summed E-state index contributed by atoms with van der Waals surface area (Å²) < 4.78 is 31.4. The fourth-order valence-corrected chi connectivity index (χ4v) is 4.42. The van der Waals surface area contributed by atoms with Gasteiger partial charge in [0.25, 0.3) is 6.04 Å². The molecule has 0 aromatic rings. The van der Waals surface area contributed by atoms with E-state index >= 15 is 0 Å². The maximum atomic E-state index is 12.2. The monoisotopic (exact) mass is 547 g/mol. The number of carbonyl (C=O) groups is 6. The molecule has 1 aliphatic rings. The number of hydrogen-bond donors (Lipinski definition) is 0. The van der Waals surface area contributed by atoms with Crippen LogP contribution in [0.15, 0.2) is 0 Å². The molecule has 1 rings (SSSR count). The molecular formula is C23H33NO14. The van der Waals surface area contributed by atoms with Crippen LogP contribution < -0.4 is 0 Å². The van der Waals surface area contributed by atoms with Crippen LogP contribution in [0.4, 0.5) is 0 Å². The van der Waals surface area contributed by atoms with E-state index in [1.807, 2.05) is 0 Å². The van der Waals surface area contributed by atoms with Crippen LogP contribution in [-0.4, -0.2) is 83.9 Å². The fraction of sp³-hybridized carbons (Fsp3) is 0.739. The van der Waals surface area contributed by atoms with Gasteiger partial charge in [0, 0.05) is 46.5 Å². The van der Waals surface area contributed by atoms with E-state index < -0.39 is 89.8 Å². The van der Waals surface area contributed by atoms with Gasteiger partial charge in [-0.3, -0.25) is 38.9 Å². The molecule has 1 fully saturated rings. The van der Waals surface area contributed by atoms with Crippen molar-refractivity contribution in [2.75, 3.05) is 6.61 Å². The van der Waals surface area contributed by atoms with Gasteiger partial charge in [0.2, 0.25) is 0 Å². The molecule has 0 bridgehead atoms. The summed E-state index contributed by atoms with van der Waals surface area (Å²) in [7, 11) is 0. The standard InChI is InChI=1S/C23H33NO14/c1-11(25)33-10-19(35-13(3)27)22(37-15(5)29)23(38-16(6)30)21(36-14(4)28)17-8-7-9-18(34-12(2)26)20(17)24(31)32/h17-23H,7-10H2,1-6H3/t17-,18+,19+,20+,21-,22-,23+/m0/s1. The van der Waals surface area contributed by atoms with Crippen LogP contribution in [0.1, 0.15) is 60.8 Å². The molecule has 1 aliphatic carbocycles. The fourth-order valence-electron chi connectivity index (χ4n) is 4.42. The van der Waals surface area contributed by atoms with E-state index in [0.29, 0.717) is 6.42 Å². The van der Waals surface area contributed by atoms with Crippen LogP contribution in [0.5, 0.6) is 0 Å². The Morgan fingerprint density at radius 3 is 1.71 bits per heavy atom. The number of hydrogen-bond acceptors (Lipinski definition) is 14. The van der Waals surface area contributed by atoms with E-state index in [1.54, 1.807) is 0 Å². The minimum Gasteiger partial charge on any atom is -0.462 e. The van der Waals surface area contributed by atoms with E-state index in [2.05, 4.69) is 0 Å². The number of ether oxygens (including phenoxy) is 6. The molecule has 0 N–H and O–H groups in total. The van der Waals surface area contributed by atoms with Crippen molar-refractivity contribution in [1.82, 2.24) is 0 Å². The van der Waals surface area contributed by atoms with E-state index in [0.717, 1.165) is 41.5 Å². The summed E-state index contributed by atoms with van der Waals surface area (Å²) in [4.78, 5) is 82.7. The molecule has 214 valence electrons. The third kappa shape index (κ3) is 10.3. The molecule has 7 atom stereocenters. The topological polar surface area (TPSA) is 201 Å². The Bertz CT molecular complexity index is 918. The second-order valence-corrected chi connectivity index (χ2v) is 8.69. The highest BCUT2D eigenvalue weighted by Gasteiger charge is 2.55. The number of nitrogens with zero attached hydrogens (tertiary/aromatic N) is 1. The first kappa shape index (κ1) is 32.2. The minimum atomic E-state index is -1.76. The SMILES string of the molecule is CC(=O)OC[C@@H](OC(C)=O)[C@H](OC(C)=O)[C@H](OC(C)=O)[C@@H](OC(C)=O)[C@H]1CCC[C@@H](OC(C)=O)[C@@H]1[N+](=O)[O-]. The van der Waals surface area contributed by atoms with E-state index in [4.69, 9.17) is 28.4 Å². The first-order valence-electron chi connectivity index (χ1n) is 11.8. The predicted molar refractivity (Wildman–Crippen MR) is 123 cm³/mol. The lowest BCUT2D eigenvalue weighted by Gasteiger charge is -2.41. The predicted octanol–water partition coefficient (Wildman–Crippen LogP) is 0.653. The van der Waals surface area contributed by atoms with Crippen LogP contribution in [-0.2, 0) is 57.2 Å². The summed E-state index contributed by atoms with van der Waals surface area (Å²) in [6.07, 6.45) is -7.38. The Morgan fingerprint density at radius 1 is 0.737 bits per heavy atom. The summed E-state index contributed by atoms with van der Waals surface area (Å²) in [5.41, 5.74) is 0. The minimum absolute atomic E-state index is 0.0636. The molecule has 0 unspecified atom stereocenters. The number of carbonyl (C=O) groups excluding carboxylic acids is 6. The van der Waals surface area contributed by atoms with Crippen molar-refractivity contribution in [3.05, 3.63) is 10.1 Å². The second-order valence-electron chi connectivity index (χ2n) is 8.69. The van der Waals surface area contributed by atoms with Crippen molar-refractivity contribution in [3.63, 3.8) is 0 Å². The molecule has 0 heterocycles. The lowest BCUT2D eigenvalue weighted by Crippen LogP contribution is -2.59. The largest absolute Gasteiger partial charge is 0.462 e. The number of esters is 6. The van der Waals surface area contributed by atoms with E-state index in [9.17, 15) is 38.9 Å². The van der Waals surface area contributed by atoms with Crippen molar-refractivity contribution in [1.29, 1.82) is 0 Å². The zero-order chi connectivity index (χ0) is 29.2. The molecule has 0 radical (unpaired) electrons. The van der Waals surface area contributed by atoms with Gasteiger partial charge in [-0.15, -0.1) is 0 Å². The zero-order valence-electron chi connectivity index (χ0n) is 22.0. The Kier molecular flexibility index (Phi) is 12.6. The highest BCUT2D eigenvalue weighted by atomic mass is 16.7. The zero-order valence-corrected chi connectivity index (χ0v) is 22.0. The van der Waals surface area contributed by atoms with Crippen LogP contribution in [0.3, 0.4) is 0 Å². The first-order valence-corrected chi connectivity index (χ1v) is 11.8. The highest BCUT2D eigenvalue weighted by Crippen LogP contribution is 2.36. The molecule has 15 heteroatoms. The van der Waals surface area contributed by atoms with Crippen LogP contribution >= 0.6 is 0 Å². The molecule has 15 nitrogen and oxygen atoms in total. The Labute approximate surface area is 218 Å². The molecular weight excluding hydrogens is 514 g/mol. The first-order chi connectivity index (χ1) is 17.6. The smallest absolute Gasteiger partial charge is 0.303 e. The van der Waals surface area contributed by atoms with Gasteiger partial charge in [0.15, 0.2) is 30.5 Å². The molecule has 0 saturated heterocycles. The van der Waals surface area contributed by atoms with Gasteiger partial charge < -0.3 is 28.4 Å². The Hall–Kier alpha value is -3.78. The summed E-state index contributed by atoms with van der Waals surface area (Å²) in [5.74, 6) is -6.47. The van der Waals surface area contributed by atoms with Gasteiger partial charge in [-0.05, 0) is 19.3 Å². The third-order valence-electron chi connectivity index (χ3n) is 5.52. The van der Waals surface area contributed by atoms with Crippen molar-refractivity contribution in [2.24, 2.45) is 5.92 Å². The maximum absolute atomic E-state index is 12.2. The lowest BCUT2D eigenvalue weighted by atomic mass is 9.76. The van der Waals surface area contributed by atoms with Crippen LogP contribution in [0.25, 0.3) is 0 Å². The second kappa shape index (κ2) is 14.8. The summed E-state index contributed by atoms with van der Waals surface area (Å²) in [6.45, 7) is 5.50. The van der Waals surface area contributed by atoms with Crippen molar-refractivity contribution in [3.8, 4) is 0 Å². The van der Waals surface area contributed by atoms with Crippen molar-refractivity contribution < 1.29 is 62.1 Å². The molecule has 0 aromatic heterocycles. The Balaban J connectivity index is 3.73. The van der Waals surface area contributed by atoms with Crippen molar-refractivity contribution >= 4 is 35.8 Å². The normalized spacial score (nSPS) is 21.9. The molecule has 0 spiro atoms. The summed E-state index contributed by atoms with van der Waals surface area (Å²) in [6, 6.07) is -1.60. The van der Waals surface area contributed by atoms with Crippen LogP contribution in [0.2, 0.25) is 0 Å². The third-order valence-corrected chi connectivity index (χ3v) is 5.52. The molecule has 0 aromatic carbocycles. The van der Waals surface area contributed by atoms with Crippen molar-refractivity contribution in [2.45, 2.75) is 97.4 Å². The number of nitro groups is 1. The molecule has 0 amide bonds. The molecule has 0 aliphatic heterocycles. The van der Waals surface area contributed by atoms with Gasteiger partial charge in [0.1, 0.15) is 6.61 Å². The molecule has 38 heavy (non-hydrogen) atoms.